The molecule has 0 aliphatic carbocycles. The first kappa shape index (κ1) is 20.2. The average molecular weight is 399 g/mol. The molecular formula is C17H19ClN2O5S. The van der Waals surface area contributed by atoms with E-state index < -0.39 is 23.3 Å². The predicted octanol–water partition coefficient (Wildman–Crippen LogP) is 2.28. The molecule has 2 rings (SSSR count). The molecule has 0 bridgehead atoms. The quantitative estimate of drug-likeness (QED) is 0.632. The highest BCUT2D eigenvalue weighted by Crippen LogP contribution is 2.34. The van der Waals surface area contributed by atoms with Crippen molar-refractivity contribution in [3.63, 3.8) is 0 Å². The SMILES string of the molecule is COCC(C)(CC(=O)O)NC(=O)CNC(=O)c1sc2ccccc2c1Cl. The number of benzene rings is 1. The van der Waals surface area contributed by atoms with E-state index >= 15 is 0 Å². The molecule has 0 saturated carbocycles. The van der Waals surface area contributed by atoms with Crippen LogP contribution in [-0.2, 0) is 14.3 Å². The zero-order valence-corrected chi connectivity index (χ0v) is 15.9. The van der Waals surface area contributed by atoms with Crippen LogP contribution in [0.4, 0.5) is 0 Å². The zero-order valence-electron chi connectivity index (χ0n) is 14.3. The number of ether oxygens (including phenoxy) is 1. The fraction of sp³-hybridized carbons (Fsp3) is 0.353. The highest BCUT2D eigenvalue weighted by molar-refractivity contribution is 7.21. The molecule has 1 aromatic carbocycles. The number of halogens is 1. The van der Waals surface area contributed by atoms with Crippen LogP contribution in [0, 0.1) is 0 Å². The Balaban J connectivity index is 2.00. The van der Waals surface area contributed by atoms with E-state index in [0.717, 1.165) is 10.1 Å². The second kappa shape index (κ2) is 8.48. The van der Waals surface area contributed by atoms with Gasteiger partial charge in [-0.05, 0) is 13.0 Å². The van der Waals surface area contributed by atoms with Crippen LogP contribution in [-0.4, -0.2) is 48.7 Å². The summed E-state index contributed by atoms with van der Waals surface area (Å²) < 4.78 is 5.85. The third-order valence-electron chi connectivity index (χ3n) is 3.60. The summed E-state index contributed by atoms with van der Waals surface area (Å²) in [5.74, 6) is -2.04. The number of amides is 2. The molecule has 0 aliphatic heterocycles. The Labute approximate surface area is 159 Å². The summed E-state index contributed by atoms with van der Waals surface area (Å²) in [5.41, 5.74) is -1.07. The number of aliphatic carboxylic acids is 1. The topological polar surface area (TPSA) is 105 Å². The van der Waals surface area contributed by atoms with Crippen LogP contribution in [0.15, 0.2) is 24.3 Å². The van der Waals surface area contributed by atoms with E-state index in [-0.39, 0.29) is 19.6 Å². The monoisotopic (exact) mass is 398 g/mol. The third-order valence-corrected chi connectivity index (χ3v) is 5.27. The van der Waals surface area contributed by atoms with Gasteiger partial charge in [0.25, 0.3) is 5.91 Å². The van der Waals surface area contributed by atoms with Crippen molar-refractivity contribution < 1.29 is 24.2 Å². The summed E-state index contributed by atoms with van der Waals surface area (Å²) in [5, 5.41) is 15.2. The Hall–Kier alpha value is -2.16. The number of rotatable bonds is 8. The summed E-state index contributed by atoms with van der Waals surface area (Å²) in [7, 11) is 1.41. The molecule has 0 saturated heterocycles. The molecule has 7 nitrogen and oxygen atoms in total. The second-order valence-corrected chi connectivity index (χ2v) is 7.47. The highest BCUT2D eigenvalue weighted by atomic mass is 35.5. The Kier molecular flexibility index (Phi) is 6.57. The normalized spacial score (nSPS) is 13.2. The van der Waals surface area contributed by atoms with E-state index in [1.54, 1.807) is 6.92 Å². The van der Waals surface area contributed by atoms with Gasteiger partial charge in [-0.25, -0.2) is 0 Å². The molecule has 1 unspecified atom stereocenters. The van der Waals surface area contributed by atoms with Gasteiger partial charge in [-0.2, -0.15) is 0 Å². The van der Waals surface area contributed by atoms with Crippen molar-refractivity contribution in [1.82, 2.24) is 10.6 Å². The molecule has 2 aromatic rings. The van der Waals surface area contributed by atoms with Crippen molar-refractivity contribution in [3.8, 4) is 0 Å². The zero-order chi connectivity index (χ0) is 19.3. The van der Waals surface area contributed by atoms with E-state index in [9.17, 15) is 14.4 Å². The average Bonchev–Trinajstić information content (AvgIpc) is 2.89. The lowest BCUT2D eigenvalue weighted by Crippen LogP contribution is -2.53. The van der Waals surface area contributed by atoms with E-state index in [2.05, 4.69) is 10.6 Å². The Morgan fingerprint density at radius 2 is 2.00 bits per heavy atom. The van der Waals surface area contributed by atoms with Crippen LogP contribution in [0.2, 0.25) is 5.02 Å². The molecule has 26 heavy (non-hydrogen) atoms. The van der Waals surface area contributed by atoms with Gasteiger partial charge in [-0.3, -0.25) is 14.4 Å². The lowest BCUT2D eigenvalue weighted by atomic mass is 9.99. The Morgan fingerprint density at radius 3 is 2.62 bits per heavy atom. The number of hydrogen-bond donors (Lipinski definition) is 3. The van der Waals surface area contributed by atoms with Gasteiger partial charge >= 0.3 is 5.97 Å². The first-order valence-corrected chi connectivity index (χ1v) is 8.92. The van der Waals surface area contributed by atoms with Crippen molar-refractivity contribution in [2.75, 3.05) is 20.3 Å². The van der Waals surface area contributed by atoms with Crippen LogP contribution in [0.5, 0.6) is 0 Å². The van der Waals surface area contributed by atoms with Crippen LogP contribution >= 0.6 is 22.9 Å². The summed E-state index contributed by atoms with van der Waals surface area (Å²) in [6.45, 7) is 1.29. The van der Waals surface area contributed by atoms with Crippen molar-refractivity contribution >= 4 is 50.8 Å². The van der Waals surface area contributed by atoms with E-state index in [1.165, 1.54) is 18.4 Å². The summed E-state index contributed by atoms with van der Waals surface area (Å²) in [6.07, 6.45) is -0.303. The van der Waals surface area contributed by atoms with Gasteiger partial charge in [0.1, 0.15) is 4.88 Å². The minimum Gasteiger partial charge on any atom is -0.481 e. The molecule has 140 valence electrons. The van der Waals surface area contributed by atoms with E-state index in [1.807, 2.05) is 24.3 Å². The number of nitrogens with one attached hydrogen (secondary N) is 2. The number of hydrogen-bond acceptors (Lipinski definition) is 5. The number of carbonyl (C=O) groups is 3. The Bertz CT molecular complexity index is 838. The molecule has 1 heterocycles. The third kappa shape index (κ3) is 4.94. The largest absolute Gasteiger partial charge is 0.481 e. The molecule has 0 fully saturated rings. The molecule has 0 radical (unpaired) electrons. The first-order valence-electron chi connectivity index (χ1n) is 7.73. The van der Waals surface area contributed by atoms with Gasteiger partial charge in [0, 0.05) is 17.2 Å². The predicted molar refractivity (Wildman–Crippen MR) is 99.8 cm³/mol. The van der Waals surface area contributed by atoms with Crippen molar-refractivity contribution in [1.29, 1.82) is 0 Å². The maximum atomic E-state index is 12.3. The lowest BCUT2D eigenvalue weighted by molar-refractivity contribution is -0.139. The molecule has 9 heteroatoms. The highest BCUT2D eigenvalue weighted by Gasteiger charge is 2.29. The van der Waals surface area contributed by atoms with Crippen molar-refractivity contribution in [3.05, 3.63) is 34.2 Å². The summed E-state index contributed by atoms with van der Waals surface area (Å²) in [4.78, 5) is 35.7. The van der Waals surface area contributed by atoms with Crippen LogP contribution < -0.4 is 10.6 Å². The number of carboxylic acid groups (broad SMARTS) is 1. The standard InChI is InChI=1S/C17H19ClN2O5S/c1-17(9-25-2,7-13(22)23)20-12(21)8-19-16(24)15-14(18)10-5-3-4-6-11(10)26-15/h3-6H,7-9H2,1-2H3,(H,19,24)(H,20,21)(H,22,23). The first-order chi connectivity index (χ1) is 12.3. The molecular weight excluding hydrogens is 380 g/mol. The van der Waals surface area contributed by atoms with E-state index in [4.69, 9.17) is 21.4 Å². The molecule has 1 atom stereocenters. The van der Waals surface area contributed by atoms with Crippen LogP contribution in [0.1, 0.15) is 23.0 Å². The Morgan fingerprint density at radius 1 is 1.31 bits per heavy atom. The van der Waals surface area contributed by atoms with Crippen LogP contribution in [0.25, 0.3) is 10.1 Å². The van der Waals surface area contributed by atoms with E-state index in [0.29, 0.717) is 9.90 Å². The molecule has 0 aliphatic rings. The summed E-state index contributed by atoms with van der Waals surface area (Å²) in [6, 6.07) is 7.36. The number of methoxy groups -OCH3 is 1. The number of thiophene rings is 1. The van der Waals surface area contributed by atoms with Gasteiger partial charge in [0.05, 0.1) is 30.1 Å². The number of carboxylic acids is 1. The van der Waals surface area contributed by atoms with Crippen LogP contribution in [0.3, 0.4) is 0 Å². The van der Waals surface area contributed by atoms with Gasteiger partial charge in [0.15, 0.2) is 0 Å². The number of carbonyl (C=O) groups excluding carboxylic acids is 2. The lowest BCUT2D eigenvalue weighted by Gasteiger charge is -2.28. The maximum Gasteiger partial charge on any atom is 0.305 e. The second-order valence-electron chi connectivity index (χ2n) is 6.04. The van der Waals surface area contributed by atoms with Gasteiger partial charge in [0.2, 0.25) is 5.91 Å². The number of fused-ring (bicyclic) bond motifs is 1. The fourth-order valence-corrected chi connectivity index (χ4v) is 4.00. The minimum atomic E-state index is -1.07. The van der Waals surface area contributed by atoms with Crippen molar-refractivity contribution in [2.24, 2.45) is 0 Å². The van der Waals surface area contributed by atoms with Gasteiger partial charge in [-0.15, -0.1) is 11.3 Å². The fourth-order valence-electron chi connectivity index (χ4n) is 2.57. The molecule has 3 N–H and O–H groups in total. The maximum absolute atomic E-state index is 12.3. The smallest absolute Gasteiger partial charge is 0.305 e. The minimum absolute atomic E-state index is 0.0289. The van der Waals surface area contributed by atoms with Gasteiger partial charge in [-0.1, -0.05) is 29.8 Å². The molecule has 0 spiro atoms. The molecule has 2 amide bonds. The summed E-state index contributed by atoms with van der Waals surface area (Å²) >= 11 is 7.48. The molecule has 1 aromatic heterocycles. The van der Waals surface area contributed by atoms with Gasteiger partial charge < -0.3 is 20.5 Å². The van der Waals surface area contributed by atoms with Crippen molar-refractivity contribution in [2.45, 2.75) is 18.9 Å².